The summed E-state index contributed by atoms with van der Waals surface area (Å²) >= 11 is 2.04. The fourth-order valence-corrected chi connectivity index (χ4v) is 1.43. The SMILES string of the molecule is CC(C)NCCC(=O)NCCC(=O)OC(C)(C)I. The molecule has 6 heteroatoms. The lowest BCUT2D eigenvalue weighted by molar-refractivity contribution is -0.148. The van der Waals surface area contributed by atoms with Gasteiger partial charge in [0.05, 0.1) is 6.42 Å². The Hall–Kier alpha value is -0.370. The average Bonchev–Trinajstić information content (AvgIpc) is 2.13. The first-order chi connectivity index (χ1) is 8.20. The Kier molecular flexibility index (Phi) is 8.51. The molecule has 0 saturated carbocycles. The van der Waals surface area contributed by atoms with Crippen molar-refractivity contribution in [2.75, 3.05) is 13.1 Å². The summed E-state index contributed by atoms with van der Waals surface area (Å²) in [6, 6.07) is 0.374. The maximum Gasteiger partial charge on any atom is 0.308 e. The molecule has 0 aromatic rings. The molecule has 0 heterocycles. The number of alkyl halides is 1. The molecule has 0 spiro atoms. The van der Waals surface area contributed by atoms with E-state index in [1.807, 2.05) is 50.3 Å². The molecule has 0 saturated heterocycles. The van der Waals surface area contributed by atoms with Gasteiger partial charge in [-0.3, -0.25) is 9.59 Å². The Morgan fingerprint density at radius 3 is 2.33 bits per heavy atom. The maximum absolute atomic E-state index is 11.4. The topological polar surface area (TPSA) is 67.4 Å². The fraction of sp³-hybridized carbons (Fsp3) is 0.833. The van der Waals surface area contributed by atoms with Crippen molar-refractivity contribution < 1.29 is 14.3 Å². The van der Waals surface area contributed by atoms with Gasteiger partial charge in [-0.15, -0.1) is 0 Å². The van der Waals surface area contributed by atoms with E-state index in [9.17, 15) is 9.59 Å². The van der Waals surface area contributed by atoms with Gasteiger partial charge in [-0.2, -0.15) is 0 Å². The minimum absolute atomic E-state index is 0.0512. The molecular weight excluding hydrogens is 347 g/mol. The number of carbonyl (C=O) groups is 2. The molecule has 0 rings (SSSR count). The van der Waals surface area contributed by atoms with Crippen molar-refractivity contribution in [2.45, 2.75) is 50.2 Å². The zero-order chi connectivity index (χ0) is 14.2. The predicted octanol–water partition coefficient (Wildman–Crippen LogP) is 1.60. The van der Waals surface area contributed by atoms with Crippen LogP contribution in [0.4, 0.5) is 0 Å². The fourth-order valence-electron chi connectivity index (χ4n) is 1.19. The van der Waals surface area contributed by atoms with Crippen molar-refractivity contribution in [1.82, 2.24) is 10.6 Å². The molecule has 0 fully saturated rings. The number of ether oxygens (including phenoxy) is 1. The van der Waals surface area contributed by atoms with E-state index in [0.717, 1.165) is 0 Å². The van der Waals surface area contributed by atoms with Crippen molar-refractivity contribution >= 4 is 34.5 Å². The molecule has 1 amide bonds. The van der Waals surface area contributed by atoms with Crippen LogP contribution in [0.15, 0.2) is 0 Å². The van der Waals surface area contributed by atoms with E-state index in [1.165, 1.54) is 0 Å². The highest BCUT2D eigenvalue weighted by Crippen LogP contribution is 2.18. The number of amides is 1. The third kappa shape index (κ3) is 12.1. The molecule has 0 radical (unpaired) electrons. The summed E-state index contributed by atoms with van der Waals surface area (Å²) in [7, 11) is 0. The van der Waals surface area contributed by atoms with E-state index in [4.69, 9.17) is 4.74 Å². The van der Waals surface area contributed by atoms with Crippen LogP contribution in [0.25, 0.3) is 0 Å². The van der Waals surface area contributed by atoms with Gasteiger partial charge in [-0.25, -0.2) is 0 Å². The highest BCUT2D eigenvalue weighted by atomic mass is 127. The van der Waals surface area contributed by atoms with Crippen molar-refractivity contribution in [3.8, 4) is 0 Å². The van der Waals surface area contributed by atoms with Gasteiger partial charge in [0.2, 0.25) is 5.91 Å². The normalized spacial score (nSPS) is 11.4. The lowest BCUT2D eigenvalue weighted by atomic mass is 10.3. The molecule has 18 heavy (non-hydrogen) atoms. The van der Waals surface area contributed by atoms with Crippen LogP contribution in [0.5, 0.6) is 0 Å². The van der Waals surface area contributed by atoms with Crippen LogP contribution in [0.3, 0.4) is 0 Å². The van der Waals surface area contributed by atoms with E-state index in [-0.39, 0.29) is 18.3 Å². The Labute approximate surface area is 123 Å². The summed E-state index contributed by atoms with van der Waals surface area (Å²) in [5, 5.41) is 5.84. The van der Waals surface area contributed by atoms with Gasteiger partial charge in [-0.05, 0) is 36.4 Å². The molecule has 0 atom stereocenters. The molecule has 0 aromatic heterocycles. The number of nitrogens with one attached hydrogen (secondary N) is 2. The molecule has 0 aromatic carbocycles. The van der Waals surface area contributed by atoms with Gasteiger partial charge in [0.15, 0.2) is 3.61 Å². The van der Waals surface area contributed by atoms with Crippen molar-refractivity contribution in [3.05, 3.63) is 0 Å². The summed E-state index contributed by atoms with van der Waals surface area (Å²) in [5.41, 5.74) is 0. The van der Waals surface area contributed by atoms with E-state index in [2.05, 4.69) is 10.6 Å². The van der Waals surface area contributed by atoms with E-state index < -0.39 is 3.61 Å². The summed E-state index contributed by atoms with van der Waals surface area (Å²) in [6.45, 7) is 8.64. The maximum atomic E-state index is 11.4. The first-order valence-electron chi connectivity index (χ1n) is 6.11. The molecular formula is C12H23IN2O3. The average molecular weight is 370 g/mol. The van der Waals surface area contributed by atoms with Crippen molar-refractivity contribution in [1.29, 1.82) is 0 Å². The number of halogens is 1. The van der Waals surface area contributed by atoms with Crippen LogP contribution >= 0.6 is 22.6 Å². The lowest BCUT2D eigenvalue weighted by Crippen LogP contribution is -2.32. The minimum atomic E-state index is -0.500. The van der Waals surface area contributed by atoms with Crippen LogP contribution in [-0.2, 0) is 14.3 Å². The summed E-state index contributed by atoms with van der Waals surface area (Å²) in [6.07, 6.45) is 0.626. The summed E-state index contributed by atoms with van der Waals surface area (Å²) in [4.78, 5) is 22.7. The largest absolute Gasteiger partial charge is 0.449 e. The van der Waals surface area contributed by atoms with Gasteiger partial charge < -0.3 is 15.4 Å². The van der Waals surface area contributed by atoms with Gasteiger partial charge in [0.25, 0.3) is 0 Å². The second-order valence-corrected chi connectivity index (χ2v) is 7.39. The van der Waals surface area contributed by atoms with E-state index in [0.29, 0.717) is 25.6 Å². The standard InChI is InChI=1S/C12H23IN2O3/c1-9(2)14-7-5-10(16)15-8-6-11(17)18-12(3,4)13/h9,14H,5-8H2,1-4H3,(H,15,16). The molecule has 2 N–H and O–H groups in total. The zero-order valence-electron chi connectivity index (χ0n) is 11.5. The van der Waals surface area contributed by atoms with Crippen LogP contribution in [0, 0.1) is 0 Å². The van der Waals surface area contributed by atoms with Gasteiger partial charge in [0, 0.05) is 25.6 Å². The molecule has 0 aliphatic rings. The number of carbonyl (C=O) groups excluding carboxylic acids is 2. The number of hydrogen-bond donors (Lipinski definition) is 2. The second kappa shape index (κ2) is 8.68. The lowest BCUT2D eigenvalue weighted by Gasteiger charge is -2.17. The summed E-state index contributed by atoms with van der Waals surface area (Å²) < 4.78 is 4.62. The summed E-state index contributed by atoms with van der Waals surface area (Å²) in [5.74, 6) is -0.348. The highest BCUT2D eigenvalue weighted by molar-refractivity contribution is 14.1. The Bertz CT molecular complexity index is 275. The van der Waals surface area contributed by atoms with Crippen LogP contribution in [-0.4, -0.2) is 34.6 Å². The number of esters is 1. The monoisotopic (exact) mass is 370 g/mol. The zero-order valence-corrected chi connectivity index (χ0v) is 13.7. The Morgan fingerprint density at radius 2 is 1.83 bits per heavy atom. The Morgan fingerprint density at radius 1 is 1.22 bits per heavy atom. The molecule has 106 valence electrons. The first kappa shape index (κ1) is 17.6. The molecule has 0 aliphatic heterocycles. The van der Waals surface area contributed by atoms with Crippen LogP contribution in [0.2, 0.25) is 0 Å². The number of hydrogen-bond acceptors (Lipinski definition) is 4. The van der Waals surface area contributed by atoms with Crippen molar-refractivity contribution in [2.24, 2.45) is 0 Å². The first-order valence-corrected chi connectivity index (χ1v) is 7.19. The van der Waals surface area contributed by atoms with Crippen LogP contribution < -0.4 is 10.6 Å². The quantitative estimate of drug-likeness (QED) is 0.387. The second-order valence-electron chi connectivity index (χ2n) is 4.80. The smallest absolute Gasteiger partial charge is 0.308 e. The van der Waals surface area contributed by atoms with Gasteiger partial charge in [-0.1, -0.05) is 13.8 Å². The Balaban J connectivity index is 3.59. The third-order valence-corrected chi connectivity index (χ3v) is 2.13. The molecule has 0 unspecified atom stereocenters. The van der Waals surface area contributed by atoms with Crippen LogP contribution in [0.1, 0.15) is 40.5 Å². The molecule has 0 bridgehead atoms. The number of rotatable bonds is 8. The predicted molar refractivity (Wildman–Crippen MR) is 79.6 cm³/mol. The molecule has 0 aliphatic carbocycles. The highest BCUT2D eigenvalue weighted by Gasteiger charge is 2.17. The van der Waals surface area contributed by atoms with E-state index >= 15 is 0 Å². The van der Waals surface area contributed by atoms with Crippen molar-refractivity contribution in [3.63, 3.8) is 0 Å². The third-order valence-electron chi connectivity index (χ3n) is 1.91. The van der Waals surface area contributed by atoms with Gasteiger partial charge in [0.1, 0.15) is 0 Å². The molecule has 5 nitrogen and oxygen atoms in total. The van der Waals surface area contributed by atoms with E-state index in [1.54, 1.807) is 0 Å². The minimum Gasteiger partial charge on any atom is -0.449 e. The van der Waals surface area contributed by atoms with Gasteiger partial charge >= 0.3 is 5.97 Å².